The minimum Gasteiger partial charge on any atom is -0.472 e. The van der Waals surface area contributed by atoms with Crippen LogP contribution in [0.15, 0.2) is 23.0 Å². The number of alkyl halides is 1. The van der Waals surface area contributed by atoms with Crippen molar-refractivity contribution in [3.63, 3.8) is 0 Å². The average molecular weight is 129 g/mol. The molecule has 1 aromatic heterocycles. The fourth-order valence-corrected chi connectivity index (χ4v) is 0.589. The third kappa shape index (κ3) is 1.29. The zero-order valence-electron chi connectivity index (χ0n) is 4.88. The lowest BCUT2D eigenvalue weighted by atomic mass is 10.2. The van der Waals surface area contributed by atoms with Crippen LogP contribution in [0.1, 0.15) is 11.7 Å². The Labute approximate surface area is 52.5 Å². The van der Waals surface area contributed by atoms with Crippen LogP contribution in [0.5, 0.6) is 0 Å². The van der Waals surface area contributed by atoms with Crippen LogP contribution in [-0.2, 0) is 0 Å². The molecule has 3 heteroatoms. The SMILES string of the molecule is NCC(F)c1ccoc1. The van der Waals surface area contributed by atoms with Gasteiger partial charge in [-0.1, -0.05) is 0 Å². The first-order valence-corrected chi connectivity index (χ1v) is 2.71. The smallest absolute Gasteiger partial charge is 0.140 e. The largest absolute Gasteiger partial charge is 0.472 e. The maximum atomic E-state index is 12.5. The molecule has 50 valence electrons. The molecule has 0 amide bonds. The zero-order valence-corrected chi connectivity index (χ0v) is 4.88. The van der Waals surface area contributed by atoms with Crippen LogP contribution in [0, 0.1) is 0 Å². The summed E-state index contributed by atoms with van der Waals surface area (Å²) in [5.41, 5.74) is 5.56. The maximum absolute atomic E-state index is 12.5. The molecule has 1 rings (SSSR count). The molecule has 0 aliphatic rings. The molecule has 9 heavy (non-hydrogen) atoms. The van der Waals surface area contributed by atoms with Gasteiger partial charge >= 0.3 is 0 Å². The van der Waals surface area contributed by atoms with E-state index in [-0.39, 0.29) is 6.54 Å². The molecule has 0 saturated carbocycles. The molecule has 2 N–H and O–H groups in total. The van der Waals surface area contributed by atoms with Crippen molar-refractivity contribution in [1.29, 1.82) is 0 Å². The highest BCUT2D eigenvalue weighted by atomic mass is 19.1. The third-order valence-corrected chi connectivity index (χ3v) is 1.11. The lowest BCUT2D eigenvalue weighted by molar-refractivity contribution is 0.350. The molecule has 0 bridgehead atoms. The van der Waals surface area contributed by atoms with Crippen molar-refractivity contribution in [3.05, 3.63) is 24.2 Å². The quantitative estimate of drug-likeness (QED) is 0.652. The molecule has 0 aromatic carbocycles. The van der Waals surface area contributed by atoms with Gasteiger partial charge in [-0.25, -0.2) is 4.39 Å². The van der Waals surface area contributed by atoms with Gasteiger partial charge in [0.25, 0.3) is 0 Å². The van der Waals surface area contributed by atoms with Crippen LogP contribution in [0.25, 0.3) is 0 Å². The van der Waals surface area contributed by atoms with E-state index >= 15 is 0 Å². The fraction of sp³-hybridized carbons (Fsp3) is 0.333. The normalized spacial score (nSPS) is 13.6. The predicted molar refractivity (Wildman–Crippen MR) is 31.6 cm³/mol. The average Bonchev–Trinajstić information content (AvgIpc) is 2.37. The second-order valence-corrected chi connectivity index (χ2v) is 1.76. The first kappa shape index (κ1) is 6.29. The number of halogens is 1. The van der Waals surface area contributed by atoms with E-state index in [1.165, 1.54) is 12.5 Å². The summed E-state index contributed by atoms with van der Waals surface area (Å²) >= 11 is 0. The molecule has 1 heterocycles. The Morgan fingerprint density at radius 1 is 1.78 bits per heavy atom. The summed E-state index contributed by atoms with van der Waals surface area (Å²) in [6, 6.07) is 1.57. The van der Waals surface area contributed by atoms with Crippen molar-refractivity contribution in [1.82, 2.24) is 0 Å². The Kier molecular flexibility index (Phi) is 1.85. The monoisotopic (exact) mass is 129 g/mol. The maximum Gasteiger partial charge on any atom is 0.140 e. The van der Waals surface area contributed by atoms with Gasteiger partial charge in [0.2, 0.25) is 0 Å². The molecule has 0 aliphatic carbocycles. The number of nitrogens with two attached hydrogens (primary N) is 1. The Bertz CT molecular complexity index is 162. The van der Waals surface area contributed by atoms with Crippen molar-refractivity contribution in [2.45, 2.75) is 6.17 Å². The molecule has 1 aromatic rings. The van der Waals surface area contributed by atoms with Gasteiger partial charge in [-0.2, -0.15) is 0 Å². The van der Waals surface area contributed by atoms with E-state index in [9.17, 15) is 4.39 Å². The van der Waals surface area contributed by atoms with Gasteiger partial charge in [0, 0.05) is 12.1 Å². The van der Waals surface area contributed by atoms with Gasteiger partial charge in [-0.15, -0.1) is 0 Å². The van der Waals surface area contributed by atoms with Gasteiger partial charge in [0.15, 0.2) is 0 Å². The summed E-state index contributed by atoms with van der Waals surface area (Å²) in [5, 5.41) is 0. The van der Waals surface area contributed by atoms with Crippen LogP contribution in [0.4, 0.5) is 4.39 Å². The minimum absolute atomic E-state index is 0.0134. The topological polar surface area (TPSA) is 39.2 Å². The van der Waals surface area contributed by atoms with Gasteiger partial charge < -0.3 is 10.2 Å². The Morgan fingerprint density at radius 3 is 3.00 bits per heavy atom. The van der Waals surface area contributed by atoms with Crippen LogP contribution < -0.4 is 5.73 Å². The van der Waals surface area contributed by atoms with E-state index in [1.54, 1.807) is 6.07 Å². The van der Waals surface area contributed by atoms with E-state index in [0.717, 1.165) is 0 Å². The van der Waals surface area contributed by atoms with Crippen molar-refractivity contribution < 1.29 is 8.81 Å². The summed E-state index contributed by atoms with van der Waals surface area (Å²) in [6.07, 6.45) is 1.71. The van der Waals surface area contributed by atoms with Gasteiger partial charge in [0.05, 0.1) is 12.5 Å². The first-order valence-electron chi connectivity index (χ1n) is 2.71. The molecule has 0 saturated heterocycles. The molecule has 0 fully saturated rings. The Hall–Kier alpha value is -0.830. The summed E-state index contributed by atoms with van der Waals surface area (Å²) < 4.78 is 17.2. The number of rotatable bonds is 2. The number of hydrogen-bond acceptors (Lipinski definition) is 2. The van der Waals surface area contributed by atoms with Gasteiger partial charge in [0.1, 0.15) is 6.17 Å². The second kappa shape index (κ2) is 2.64. The summed E-state index contributed by atoms with van der Waals surface area (Å²) in [4.78, 5) is 0. The fourth-order valence-electron chi connectivity index (χ4n) is 0.589. The zero-order chi connectivity index (χ0) is 6.69. The summed E-state index contributed by atoms with van der Waals surface area (Å²) in [7, 11) is 0. The van der Waals surface area contributed by atoms with E-state index in [1.807, 2.05) is 0 Å². The summed E-state index contributed by atoms with van der Waals surface area (Å²) in [5.74, 6) is 0. The molecule has 0 radical (unpaired) electrons. The number of hydrogen-bond donors (Lipinski definition) is 1. The van der Waals surface area contributed by atoms with Crippen LogP contribution in [0.2, 0.25) is 0 Å². The first-order chi connectivity index (χ1) is 4.34. The van der Waals surface area contributed by atoms with Crippen LogP contribution in [-0.4, -0.2) is 6.54 Å². The van der Waals surface area contributed by atoms with E-state index in [4.69, 9.17) is 5.73 Å². The molecule has 1 unspecified atom stereocenters. The lowest BCUT2D eigenvalue weighted by Crippen LogP contribution is -2.06. The third-order valence-electron chi connectivity index (χ3n) is 1.11. The molecule has 0 spiro atoms. The van der Waals surface area contributed by atoms with Crippen molar-refractivity contribution in [2.75, 3.05) is 6.54 Å². The van der Waals surface area contributed by atoms with E-state index < -0.39 is 6.17 Å². The van der Waals surface area contributed by atoms with Crippen molar-refractivity contribution in [2.24, 2.45) is 5.73 Å². The molecular formula is C6H8FNO. The van der Waals surface area contributed by atoms with Gasteiger partial charge in [-0.05, 0) is 6.07 Å². The van der Waals surface area contributed by atoms with E-state index in [2.05, 4.69) is 4.42 Å². The predicted octanol–water partition coefficient (Wildman–Crippen LogP) is 1.25. The highest BCUT2D eigenvalue weighted by Crippen LogP contribution is 2.14. The molecule has 1 atom stereocenters. The highest BCUT2D eigenvalue weighted by molar-refractivity contribution is 5.09. The van der Waals surface area contributed by atoms with Crippen molar-refractivity contribution >= 4 is 0 Å². The molecule has 2 nitrogen and oxygen atoms in total. The van der Waals surface area contributed by atoms with Crippen LogP contribution >= 0.6 is 0 Å². The minimum atomic E-state index is -1.08. The number of furan rings is 1. The Morgan fingerprint density at radius 2 is 2.56 bits per heavy atom. The highest BCUT2D eigenvalue weighted by Gasteiger charge is 2.06. The van der Waals surface area contributed by atoms with Crippen molar-refractivity contribution in [3.8, 4) is 0 Å². The lowest BCUT2D eigenvalue weighted by Gasteiger charge is -1.97. The second-order valence-electron chi connectivity index (χ2n) is 1.76. The van der Waals surface area contributed by atoms with E-state index in [0.29, 0.717) is 5.56 Å². The molecular weight excluding hydrogens is 121 g/mol. The van der Waals surface area contributed by atoms with Gasteiger partial charge in [-0.3, -0.25) is 0 Å². The molecule has 0 aliphatic heterocycles. The summed E-state index contributed by atoms with van der Waals surface area (Å²) in [6.45, 7) is 0.0134. The Balaban J connectivity index is 2.65. The van der Waals surface area contributed by atoms with Crippen LogP contribution in [0.3, 0.4) is 0 Å². The standard InChI is InChI=1S/C6H8FNO/c7-6(3-8)5-1-2-9-4-5/h1-2,4,6H,3,8H2.